The van der Waals surface area contributed by atoms with Gasteiger partial charge in [0.15, 0.2) is 0 Å². The summed E-state index contributed by atoms with van der Waals surface area (Å²) in [5, 5.41) is 3.13. The van der Waals surface area contributed by atoms with Gasteiger partial charge in [0.2, 0.25) is 5.91 Å². The summed E-state index contributed by atoms with van der Waals surface area (Å²) in [6.07, 6.45) is 6.81. The Labute approximate surface area is 149 Å². The van der Waals surface area contributed by atoms with Gasteiger partial charge in [0.1, 0.15) is 5.82 Å². The van der Waals surface area contributed by atoms with Crippen LogP contribution < -0.4 is 5.32 Å². The first-order chi connectivity index (χ1) is 12.2. The summed E-state index contributed by atoms with van der Waals surface area (Å²) in [7, 11) is 0. The van der Waals surface area contributed by atoms with E-state index in [4.69, 9.17) is 4.74 Å². The number of carbonyl (C=O) groups excluding carboxylic acids is 1. The highest BCUT2D eigenvalue weighted by Crippen LogP contribution is 2.26. The quantitative estimate of drug-likeness (QED) is 0.858. The van der Waals surface area contributed by atoms with Crippen LogP contribution in [-0.4, -0.2) is 43.7 Å². The van der Waals surface area contributed by atoms with E-state index in [1.807, 2.05) is 12.1 Å². The minimum Gasteiger partial charge on any atom is -0.379 e. The Hall–Kier alpha value is -1.46. The van der Waals surface area contributed by atoms with Crippen LogP contribution >= 0.6 is 0 Å². The normalized spacial score (nSPS) is 21.0. The van der Waals surface area contributed by atoms with Crippen molar-refractivity contribution in [1.29, 1.82) is 0 Å². The lowest BCUT2D eigenvalue weighted by atomic mass is 9.87. The van der Waals surface area contributed by atoms with E-state index in [9.17, 15) is 9.18 Å². The maximum Gasteiger partial charge on any atom is 0.220 e. The lowest BCUT2D eigenvalue weighted by molar-refractivity contribution is -0.122. The number of carbonyl (C=O) groups is 1. The highest BCUT2D eigenvalue weighted by Gasteiger charge is 2.24. The fourth-order valence-corrected chi connectivity index (χ4v) is 3.97. The number of hydrogen-bond acceptors (Lipinski definition) is 3. The van der Waals surface area contributed by atoms with E-state index in [0.717, 1.165) is 18.7 Å². The Morgan fingerprint density at radius 1 is 1.16 bits per heavy atom. The van der Waals surface area contributed by atoms with Crippen molar-refractivity contribution < 1.29 is 13.9 Å². The van der Waals surface area contributed by atoms with Gasteiger partial charge in [-0.05, 0) is 36.5 Å². The highest BCUT2D eigenvalue weighted by atomic mass is 19.1. The number of morpholine rings is 1. The van der Waals surface area contributed by atoms with Gasteiger partial charge in [-0.1, -0.05) is 31.4 Å². The van der Waals surface area contributed by atoms with Crippen LogP contribution in [0.1, 0.15) is 50.1 Å². The number of hydrogen-bond donors (Lipinski definition) is 1. The second kappa shape index (κ2) is 9.30. The molecule has 2 fully saturated rings. The maximum absolute atomic E-state index is 13.3. The zero-order valence-electron chi connectivity index (χ0n) is 14.9. The molecule has 1 aliphatic heterocycles. The number of benzene rings is 1. The summed E-state index contributed by atoms with van der Waals surface area (Å²) in [6, 6.07) is 6.70. The van der Waals surface area contributed by atoms with E-state index in [1.165, 1.54) is 44.2 Å². The van der Waals surface area contributed by atoms with Crippen molar-refractivity contribution >= 4 is 5.91 Å². The Morgan fingerprint density at radius 3 is 2.52 bits per heavy atom. The van der Waals surface area contributed by atoms with Crippen LogP contribution in [0.2, 0.25) is 0 Å². The van der Waals surface area contributed by atoms with Crippen molar-refractivity contribution in [2.24, 2.45) is 5.92 Å². The lowest BCUT2D eigenvalue weighted by Gasteiger charge is -2.35. The Morgan fingerprint density at radius 2 is 1.84 bits per heavy atom. The lowest BCUT2D eigenvalue weighted by Crippen LogP contribution is -2.44. The SMILES string of the molecule is O=C(CC1CCCCC1)NCC(c1ccc(F)cc1)N1CCOCC1. The summed E-state index contributed by atoms with van der Waals surface area (Å²) < 4.78 is 18.7. The van der Waals surface area contributed by atoms with Crippen LogP contribution in [0.5, 0.6) is 0 Å². The van der Waals surface area contributed by atoms with E-state index in [2.05, 4.69) is 10.2 Å². The molecule has 1 atom stereocenters. The van der Waals surface area contributed by atoms with Crippen LogP contribution in [0.25, 0.3) is 0 Å². The molecule has 138 valence electrons. The van der Waals surface area contributed by atoms with Crippen molar-refractivity contribution in [2.45, 2.75) is 44.6 Å². The third-order valence-electron chi connectivity index (χ3n) is 5.43. The molecule has 1 aromatic rings. The molecule has 0 aromatic heterocycles. The van der Waals surface area contributed by atoms with Gasteiger partial charge in [-0.3, -0.25) is 9.69 Å². The summed E-state index contributed by atoms with van der Waals surface area (Å²) in [4.78, 5) is 14.7. The summed E-state index contributed by atoms with van der Waals surface area (Å²) in [5.41, 5.74) is 1.04. The topological polar surface area (TPSA) is 41.6 Å². The van der Waals surface area contributed by atoms with Crippen molar-refractivity contribution in [2.75, 3.05) is 32.8 Å². The van der Waals surface area contributed by atoms with Crippen molar-refractivity contribution in [3.05, 3.63) is 35.6 Å². The number of ether oxygens (including phenoxy) is 1. The third-order valence-corrected chi connectivity index (χ3v) is 5.43. The molecule has 0 radical (unpaired) electrons. The van der Waals surface area contributed by atoms with Crippen LogP contribution in [0.4, 0.5) is 4.39 Å². The molecule has 1 aliphatic carbocycles. The molecule has 5 heteroatoms. The van der Waals surface area contributed by atoms with Crippen LogP contribution in [-0.2, 0) is 9.53 Å². The van der Waals surface area contributed by atoms with Gasteiger partial charge in [-0.15, -0.1) is 0 Å². The second-order valence-electron chi connectivity index (χ2n) is 7.23. The average molecular weight is 348 g/mol. The van der Waals surface area contributed by atoms with Crippen LogP contribution in [0.15, 0.2) is 24.3 Å². The second-order valence-corrected chi connectivity index (χ2v) is 7.23. The van der Waals surface area contributed by atoms with Crippen LogP contribution in [0, 0.1) is 11.7 Å². The summed E-state index contributed by atoms with van der Waals surface area (Å²) in [6.45, 7) is 3.64. The predicted octanol–water partition coefficient (Wildman–Crippen LogP) is 3.29. The monoisotopic (exact) mass is 348 g/mol. The first-order valence-corrected chi connectivity index (χ1v) is 9.56. The van der Waals surface area contributed by atoms with Gasteiger partial charge in [-0.2, -0.15) is 0 Å². The maximum atomic E-state index is 13.3. The Bertz CT molecular complexity index is 537. The molecule has 3 rings (SSSR count). The summed E-state index contributed by atoms with van der Waals surface area (Å²) in [5.74, 6) is 0.458. The fourth-order valence-electron chi connectivity index (χ4n) is 3.97. The smallest absolute Gasteiger partial charge is 0.220 e. The van der Waals surface area contributed by atoms with Crippen molar-refractivity contribution in [3.8, 4) is 0 Å². The van der Waals surface area contributed by atoms with E-state index >= 15 is 0 Å². The van der Waals surface area contributed by atoms with Crippen molar-refractivity contribution in [3.63, 3.8) is 0 Å². The molecule has 0 bridgehead atoms. The van der Waals surface area contributed by atoms with Crippen LogP contribution in [0.3, 0.4) is 0 Å². The van der Waals surface area contributed by atoms with Gasteiger partial charge in [0, 0.05) is 26.1 Å². The molecule has 1 amide bonds. The fraction of sp³-hybridized carbons (Fsp3) is 0.650. The Balaban J connectivity index is 1.58. The average Bonchev–Trinajstić information content (AvgIpc) is 2.65. The zero-order valence-corrected chi connectivity index (χ0v) is 14.9. The summed E-state index contributed by atoms with van der Waals surface area (Å²) >= 11 is 0. The molecule has 1 N–H and O–H groups in total. The molecule has 1 unspecified atom stereocenters. The first kappa shape index (κ1) is 18.3. The largest absolute Gasteiger partial charge is 0.379 e. The van der Waals surface area contributed by atoms with Gasteiger partial charge < -0.3 is 10.1 Å². The van der Waals surface area contributed by atoms with Gasteiger partial charge in [-0.25, -0.2) is 4.39 Å². The molecular weight excluding hydrogens is 319 g/mol. The molecule has 1 aromatic carbocycles. The minimum atomic E-state index is -0.231. The molecule has 1 heterocycles. The number of halogens is 1. The number of amides is 1. The van der Waals surface area contributed by atoms with E-state index < -0.39 is 0 Å². The standard InChI is InChI=1S/C20H29FN2O2/c21-18-8-6-17(7-9-18)19(23-10-12-25-13-11-23)15-22-20(24)14-16-4-2-1-3-5-16/h6-9,16,19H,1-5,10-15H2,(H,22,24). The molecule has 1 saturated heterocycles. The molecule has 1 saturated carbocycles. The van der Waals surface area contributed by atoms with Crippen molar-refractivity contribution in [1.82, 2.24) is 10.2 Å². The number of nitrogens with zero attached hydrogens (tertiary/aromatic N) is 1. The van der Waals surface area contributed by atoms with Gasteiger partial charge >= 0.3 is 0 Å². The Kier molecular flexibility index (Phi) is 6.82. The molecule has 0 spiro atoms. The predicted molar refractivity (Wildman–Crippen MR) is 95.7 cm³/mol. The molecule has 4 nitrogen and oxygen atoms in total. The first-order valence-electron chi connectivity index (χ1n) is 9.56. The van der Waals surface area contributed by atoms with Gasteiger partial charge in [0.25, 0.3) is 0 Å². The number of nitrogens with one attached hydrogen (secondary N) is 1. The number of rotatable bonds is 6. The van der Waals surface area contributed by atoms with E-state index in [-0.39, 0.29) is 17.8 Å². The zero-order chi connectivity index (χ0) is 17.5. The van der Waals surface area contributed by atoms with E-state index in [0.29, 0.717) is 32.1 Å². The van der Waals surface area contributed by atoms with Gasteiger partial charge in [0.05, 0.1) is 19.3 Å². The molecule has 25 heavy (non-hydrogen) atoms. The molecular formula is C20H29FN2O2. The van der Waals surface area contributed by atoms with E-state index in [1.54, 1.807) is 0 Å². The molecule has 2 aliphatic rings. The highest BCUT2D eigenvalue weighted by molar-refractivity contribution is 5.76. The third kappa shape index (κ3) is 5.51. The minimum absolute atomic E-state index is 0.0693.